The van der Waals surface area contributed by atoms with Crippen LogP contribution in [0.5, 0.6) is 0 Å². The normalized spacial score (nSPS) is 15.6. The number of thiazole rings is 1. The summed E-state index contributed by atoms with van der Waals surface area (Å²) < 4.78 is 68.4. The van der Waals surface area contributed by atoms with Gasteiger partial charge in [0.2, 0.25) is 0 Å². The summed E-state index contributed by atoms with van der Waals surface area (Å²) >= 11 is 0.990. The van der Waals surface area contributed by atoms with E-state index in [-0.39, 0.29) is 42.3 Å². The molecule has 34 heavy (non-hydrogen) atoms. The van der Waals surface area contributed by atoms with Crippen LogP contribution in [0.1, 0.15) is 22.5 Å². The lowest BCUT2D eigenvalue weighted by Crippen LogP contribution is -2.40. The van der Waals surface area contributed by atoms with Crippen LogP contribution in [-0.4, -0.2) is 39.9 Å². The standard InChI is InChI=1S/C22H16F5N5OS/c23-13-6-12-16(7-14(13)24)28-9-17(12)31-20(33)18-10-30-21(34-18)11-5-15(25)19(29-8-11)32-3-1-22(26,27)2-4-32/h5-10,28H,1-4H2,(H,31,33). The molecule has 1 amide bonds. The monoisotopic (exact) mass is 493 g/mol. The van der Waals surface area contributed by atoms with E-state index in [2.05, 4.69) is 20.3 Å². The molecule has 0 bridgehead atoms. The number of halogens is 5. The number of benzene rings is 1. The van der Waals surface area contributed by atoms with Crippen LogP contribution in [0, 0.1) is 17.5 Å². The van der Waals surface area contributed by atoms with Crippen molar-refractivity contribution in [2.45, 2.75) is 18.8 Å². The first kappa shape index (κ1) is 22.3. The molecule has 0 unspecified atom stereocenters. The van der Waals surface area contributed by atoms with Crippen LogP contribution >= 0.6 is 11.3 Å². The maximum Gasteiger partial charge on any atom is 0.267 e. The van der Waals surface area contributed by atoms with Crippen molar-refractivity contribution < 1.29 is 26.7 Å². The maximum atomic E-state index is 14.7. The predicted molar refractivity (Wildman–Crippen MR) is 118 cm³/mol. The number of H-pyrrole nitrogens is 1. The highest BCUT2D eigenvalue weighted by Gasteiger charge is 2.35. The number of alkyl halides is 2. The SMILES string of the molecule is O=C(Nc1c[nH]c2cc(F)c(F)cc12)c1cnc(-c2cnc(N3CCC(F)(F)CC3)c(F)c2)s1. The van der Waals surface area contributed by atoms with Crippen molar-refractivity contribution in [2.24, 2.45) is 0 Å². The number of amides is 1. The third-order valence-corrected chi connectivity index (χ3v) is 6.61. The van der Waals surface area contributed by atoms with Crippen LogP contribution in [0.3, 0.4) is 0 Å². The highest BCUT2D eigenvalue weighted by atomic mass is 32.1. The molecular weight excluding hydrogens is 477 g/mol. The highest BCUT2D eigenvalue weighted by Crippen LogP contribution is 2.33. The molecule has 1 aliphatic rings. The summed E-state index contributed by atoms with van der Waals surface area (Å²) in [6.07, 6.45) is 3.38. The van der Waals surface area contributed by atoms with Gasteiger partial charge in [-0.05, 0) is 12.1 Å². The van der Waals surface area contributed by atoms with Gasteiger partial charge in [-0.2, -0.15) is 0 Å². The summed E-state index contributed by atoms with van der Waals surface area (Å²) in [5, 5.41) is 3.25. The number of pyridine rings is 1. The number of fused-ring (bicyclic) bond motifs is 1. The molecule has 1 aliphatic heterocycles. The highest BCUT2D eigenvalue weighted by molar-refractivity contribution is 7.17. The summed E-state index contributed by atoms with van der Waals surface area (Å²) in [7, 11) is 0. The Morgan fingerprint density at radius 3 is 2.50 bits per heavy atom. The molecule has 0 aliphatic carbocycles. The molecule has 176 valence electrons. The molecule has 1 aromatic carbocycles. The van der Waals surface area contributed by atoms with Crippen molar-refractivity contribution in [3.05, 3.63) is 59.1 Å². The second kappa shape index (κ2) is 8.35. The van der Waals surface area contributed by atoms with Gasteiger partial charge >= 0.3 is 0 Å². The number of piperidine rings is 1. The molecule has 0 atom stereocenters. The second-order valence-electron chi connectivity index (χ2n) is 7.87. The first-order valence-electron chi connectivity index (χ1n) is 10.2. The Bertz CT molecular complexity index is 1390. The Morgan fingerprint density at radius 1 is 1.03 bits per heavy atom. The van der Waals surface area contributed by atoms with Gasteiger partial charge in [0.05, 0.1) is 17.4 Å². The topological polar surface area (TPSA) is 73.9 Å². The van der Waals surface area contributed by atoms with Gasteiger partial charge < -0.3 is 15.2 Å². The number of hydrogen-bond donors (Lipinski definition) is 2. The molecule has 4 aromatic rings. The lowest BCUT2D eigenvalue weighted by atomic mass is 10.1. The van der Waals surface area contributed by atoms with E-state index in [9.17, 15) is 26.7 Å². The van der Waals surface area contributed by atoms with Gasteiger partial charge in [-0.15, -0.1) is 11.3 Å². The number of carbonyl (C=O) groups is 1. The van der Waals surface area contributed by atoms with E-state index in [0.29, 0.717) is 21.5 Å². The minimum atomic E-state index is -2.75. The van der Waals surface area contributed by atoms with Crippen LogP contribution < -0.4 is 10.2 Å². The van der Waals surface area contributed by atoms with Crippen molar-refractivity contribution in [1.82, 2.24) is 15.0 Å². The fraction of sp³-hybridized carbons (Fsp3) is 0.227. The Hall–Kier alpha value is -3.54. The Balaban J connectivity index is 1.32. The van der Waals surface area contributed by atoms with Crippen LogP contribution in [0.25, 0.3) is 21.5 Å². The lowest BCUT2D eigenvalue weighted by molar-refractivity contribution is -0.0222. The number of rotatable bonds is 4. The van der Waals surface area contributed by atoms with Crippen LogP contribution in [0.4, 0.5) is 33.5 Å². The molecule has 0 radical (unpaired) electrons. The Kier molecular flexibility index (Phi) is 5.47. The summed E-state index contributed by atoms with van der Waals surface area (Å²) in [6.45, 7) is 0.00440. The maximum absolute atomic E-state index is 14.7. The minimum absolute atomic E-state index is 0.00220. The summed E-state index contributed by atoms with van der Waals surface area (Å²) in [6, 6.07) is 3.17. The van der Waals surface area contributed by atoms with E-state index in [1.54, 1.807) is 0 Å². The number of hydrogen-bond acceptors (Lipinski definition) is 5. The fourth-order valence-electron chi connectivity index (χ4n) is 3.74. The van der Waals surface area contributed by atoms with Crippen molar-refractivity contribution in [3.63, 3.8) is 0 Å². The number of nitrogens with zero attached hydrogens (tertiary/aromatic N) is 3. The fourth-order valence-corrected chi connectivity index (χ4v) is 4.53. The molecule has 12 heteroatoms. The summed E-state index contributed by atoms with van der Waals surface area (Å²) in [5.74, 6) is -6.01. The average Bonchev–Trinajstić information content (AvgIpc) is 3.43. The zero-order valence-corrected chi connectivity index (χ0v) is 18.2. The van der Waals surface area contributed by atoms with E-state index in [1.807, 2.05) is 0 Å². The Morgan fingerprint density at radius 2 is 1.76 bits per heavy atom. The van der Waals surface area contributed by atoms with Crippen LogP contribution in [-0.2, 0) is 0 Å². The smallest absolute Gasteiger partial charge is 0.267 e. The third kappa shape index (κ3) is 4.20. The van der Waals surface area contributed by atoms with Crippen molar-refractivity contribution >= 4 is 39.7 Å². The van der Waals surface area contributed by atoms with Gasteiger partial charge in [0.15, 0.2) is 23.3 Å². The van der Waals surface area contributed by atoms with Crippen LogP contribution in [0.2, 0.25) is 0 Å². The molecular formula is C22H16F5N5OS. The van der Waals surface area contributed by atoms with E-state index in [1.165, 1.54) is 29.6 Å². The van der Waals surface area contributed by atoms with E-state index in [4.69, 9.17) is 0 Å². The quantitative estimate of drug-likeness (QED) is 0.364. The predicted octanol–water partition coefficient (Wildman–Crippen LogP) is 5.59. The molecule has 1 fully saturated rings. The molecule has 0 saturated carbocycles. The largest absolute Gasteiger partial charge is 0.359 e. The van der Waals surface area contributed by atoms with Gasteiger partial charge in [-0.25, -0.2) is 31.9 Å². The first-order valence-corrected chi connectivity index (χ1v) is 11.0. The summed E-state index contributed by atoms with van der Waals surface area (Å²) in [5.41, 5.74) is 0.911. The van der Waals surface area contributed by atoms with Crippen molar-refractivity contribution in [2.75, 3.05) is 23.3 Å². The zero-order valence-electron chi connectivity index (χ0n) is 17.3. The number of aromatic amines is 1. The minimum Gasteiger partial charge on any atom is -0.359 e. The van der Waals surface area contributed by atoms with Crippen LogP contribution in [0.15, 0.2) is 36.8 Å². The second-order valence-corrected chi connectivity index (χ2v) is 8.90. The van der Waals surface area contributed by atoms with Gasteiger partial charge in [0.25, 0.3) is 11.8 Å². The number of anilines is 2. The van der Waals surface area contributed by atoms with Crippen molar-refractivity contribution in [3.8, 4) is 10.6 Å². The molecule has 2 N–H and O–H groups in total. The van der Waals surface area contributed by atoms with Gasteiger partial charge in [-0.1, -0.05) is 0 Å². The number of aromatic nitrogens is 3. The molecule has 0 spiro atoms. The third-order valence-electron chi connectivity index (χ3n) is 5.56. The van der Waals surface area contributed by atoms with Gasteiger partial charge in [0.1, 0.15) is 9.88 Å². The number of nitrogens with one attached hydrogen (secondary N) is 2. The lowest BCUT2D eigenvalue weighted by Gasteiger charge is -2.32. The average molecular weight is 493 g/mol. The first-order chi connectivity index (χ1) is 16.2. The molecule has 3 aromatic heterocycles. The molecule has 1 saturated heterocycles. The van der Waals surface area contributed by atoms with E-state index < -0.39 is 29.3 Å². The summed E-state index contributed by atoms with van der Waals surface area (Å²) in [4.78, 5) is 25.3. The van der Waals surface area contributed by atoms with Gasteiger partial charge in [0, 0.05) is 55.3 Å². The van der Waals surface area contributed by atoms with E-state index >= 15 is 0 Å². The van der Waals surface area contributed by atoms with Crippen molar-refractivity contribution in [1.29, 1.82) is 0 Å². The molecule has 5 rings (SSSR count). The van der Waals surface area contributed by atoms with E-state index in [0.717, 1.165) is 23.5 Å². The molecule has 4 heterocycles. The molecule has 6 nitrogen and oxygen atoms in total. The zero-order chi connectivity index (χ0) is 24.0. The Labute approximate surface area is 193 Å². The van der Waals surface area contributed by atoms with Gasteiger partial charge in [-0.3, -0.25) is 4.79 Å². The number of carbonyl (C=O) groups excluding carboxylic acids is 1.